The van der Waals surface area contributed by atoms with Crippen LogP contribution in [-0.4, -0.2) is 19.0 Å². The summed E-state index contributed by atoms with van der Waals surface area (Å²) in [4.78, 5) is 0. The van der Waals surface area contributed by atoms with E-state index in [1.807, 2.05) is 20.8 Å². The average molecular weight is 293 g/mol. The lowest BCUT2D eigenvalue weighted by Crippen LogP contribution is -2.20. The van der Waals surface area contributed by atoms with Gasteiger partial charge in [-0.1, -0.05) is 41.7 Å². The molecular formula is C9H16Cl3NOS. The van der Waals surface area contributed by atoms with Crippen LogP contribution in [0.4, 0.5) is 0 Å². The summed E-state index contributed by atoms with van der Waals surface area (Å²) < 4.78 is 13.8. The molecule has 0 aromatic heterocycles. The first-order valence-electron chi connectivity index (χ1n) is 4.56. The second-order valence-electron chi connectivity index (χ2n) is 4.33. The largest absolute Gasteiger partial charge is 0.234 e. The SMILES string of the molecule is C[C@@H](C/C=N/[S@](=O)C(C)(C)C)C(Cl)(Cl)Cl. The Morgan fingerprint density at radius 3 is 2.13 bits per heavy atom. The minimum atomic E-state index is -1.30. The van der Waals surface area contributed by atoms with Gasteiger partial charge in [-0.05, 0) is 27.2 Å². The molecule has 0 amide bonds. The first-order chi connectivity index (χ1) is 6.55. The van der Waals surface area contributed by atoms with Gasteiger partial charge < -0.3 is 0 Å². The Morgan fingerprint density at radius 2 is 1.80 bits per heavy atom. The zero-order chi connectivity index (χ0) is 12.3. The molecule has 0 radical (unpaired) electrons. The first kappa shape index (κ1) is 15.7. The van der Waals surface area contributed by atoms with Crippen LogP contribution in [0.25, 0.3) is 0 Å². The zero-order valence-corrected chi connectivity index (χ0v) is 12.3. The Bertz CT molecular complexity index is 255. The molecule has 2 atom stereocenters. The van der Waals surface area contributed by atoms with Crippen LogP contribution in [-0.2, 0) is 11.0 Å². The summed E-state index contributed by atoms with van der Waals surface area (Å²) in [6.07, 6.45) is 2.06. The predicted molar refractivity (Wildman–Crippen MR) is 70.5 cm³/mol. The van der Waals surface area contributed by atoms with Gasteiger partial charge in [0, 0.05) is 12.1 Å². The third-order valence-corrected chi connectivity index (χ3v) is 4.22. The van der Waals surface area contributed by atoms with Gasteiger partial charge in [0.1, 0.15) is 11.0 Å². The van der Waals surface area contributed by atoms with Crippen LogP contribution in [0, 0.1) is 5.92 Å². The number of hydrogen-bond acceptors (Lipinski definition) is 1. The number of halogens is 3. The zero-order valence-electron chi connectivity index (χ0n) is 9.26. The van der Waals surface area contributed by atoms with Gasteiger partial charge in [0.15, 0.2) is 3.79 Å². The molecule has 0 spiro atoms. The summed E-state index contributed by atoms with van der Waals surface area (Å²) in [5.41, 5.74) is 0. The van der Waals surface area contributed by atoms with E-state index in [-0.39, 0.29) is 10.7 Å². The fourth-order valence-corrected chi connectivity index (χ4v) is 1.37. The van der Waals surface area contributed by atoms with Crippen LogP contribution < -0.4 is 0 Å². The Labute approximate surface area is 109 Å². The van der Waals surface area contributed by atoms with Crippen molar-refractivity contribution in [2.45, 2.75) is 42.7 Å². The van der Waals surface area contributed by atoms with Crippen LogP contribution >= 0.6 is 34.8 Å². The molecule has 0 saturated heterocycles. The lowest BCUT2D eigenvalue weighted by Gasteiger charge is -2.18. The highest BCUT2D eigenvalue weighted by atomic mass is 35.6. The maximum atomic E-state index is 11.5. The number of hydrogen-bond donors (Lipinski definition) is 0. The van der Waals surface area contributed by atoms with E-state index in [9.17, 15) is 4.21 Å². The van der Waals surface area contributed by atoms with E-state index in [0.29, 0.717) is 6.42 Å². The van der Waals surface area contributed by atoms with E-state index >= 15 is 0 Å². The second-order valence-corrected chi connectivity index (χ2v) is 8.63. The lowest BCUT2D eigenvalue weighted by molar-refractivity contribution is 0.629. The number of alkyl halides is 3. The molecule has 0 aliphatic carbocycles. The topological polar surface area (TPSA) is 29.4 Å². The van der Waals surface area contributed by atoms with E-state index in [2.05, 4.69) is 4.40 Å². The van der Waals surface area contributed by atoms with Crippen LogP contribution in [0.1, 0.15) is 34.1 Å². The molecular weight excluding hydrogens is 277 g/mol. The minimum Gasteiger partial charge on any atom is -0.234 e. The maximum Gasteiger partial charge on any atom is 0.193 e. The molecule has 90 valence electrons. The highest BCUT2D eigenvalue weighted by molar-refractivity contribution is 7.85. The lowest BCUT2D eigenvalue weighted by atomic mass is 10.1. The van der Waals surface area contributed by atoms with Crippen LogP contribution in [0.2, 0.25) is 0 Å². The maximum absolute atomic E-state index is 11.5. The van der Waals surface area contributed by atoms with Gasteiger partial charge in [-0.25, -0.2) is 4.21 Å². The molecule has 0 heterocycles. The van der Waals surface area contributed by atoms with Crippen LogP contribution in [0.5, 0.6) is 0 Å². The smallest absolute Gasteiger partial charge is 0.193 e. The Morgan fingerprint density at radius 1 is 1.33 bits per heavy atom. The van der Waals surface area contributed by atoms with E-state index < -0.39 is 14.8 Å². The molecule has 0 unspecified atom stereocenters. The molecule has 2 nitrogen and oxygen atoms in total. The molecule has 6 heteroatoms. The van der Waals surface area contributed by atoms with Gasteiger partial charge in [-0.15, -0.1) is 0 Å². The normalized spacial score (nSPS) is 18.1. The van der Waals surface area contributed by atoms with Crippen molar-refractivity contribution >= 4 is 52.0 Å². The molecule has 0 aliphatic heterocycles. The molecule has 0 bridgehead atoms. The van der Waals surface area contributed by atoms with Crippen molar-refractivity contribution in [3.63, 3.8) is 0 Å². The van der Waals surface area contributed by atoms with Crippen molar-refractivity contribution in [1.29, 1.82) is 0 Å². The number of rotatable bonds is 3. The molecule has 0 rings (SSSR count). The quantitative estimate of drug-likeness (QED) is 0.573. The van der Waals surface area contributed by atoms with Gasteiger partial charge in [0.2, 0.25) is 0 Å². The van der Waals surface area contributed by atoms with Gasteiger partial charge in [-0.2, -0.15) is 4.40 Å². The third kappa shape index (κ3) is 6.77. The first-order valence-corrected chi connectivity index (χ1v) is 6.80. The fraction of sp³-hybridized carbons (Fsp3) is 0.889. The van der Waals surface area contributed by atoms with Crippen LogP contribution in [0.15, 0.2) is 4.40 Å². The summed E-state index contributed by atoms with van der Waals surface area (Å²) in [6.45, 7) is 7.38. The molecule has 0 N–H and O–H groups in total. The molecule has 0 aromatic rings. The van der Waals surface area contributed by atoms with Crippen molar-refractivity contribution in [2.24, 2.45) is 10.3 Å². The van der Waals surface area contributed by atoms with Crippen molar-refractivity contribution in [3.05, 3.63) is 0 Å². The molecule has 0 aliphatic rings. The average Bonchev–Trinajstić information content (AvgIpc) is 2.00. The molecule has 0 fully saturated rings. The Balaban J connectivity index is 4.18. The standard InChI is InChI=1S/C9H16Cl3NOS/c1-7(9(10,11)12)5-6-13-15(14)8(2,3)4/h6-7H,5H2,1-4H3/b13-6+/t7-,15+/m0/s1. The molecule has 0 aromatic carbocycles. The summed E-state index contributed by atoms with van der Waals surface area (Å²) in [7, 11) is -1.24. The van der Waals surface area contributed by atoms with Crippen molar-refractivity contribution in [3.8, 4) is 0 Å². The highest BCUT2D eigenvalue weighted by Crippen LogP contribution is 2.36. The Hall–Kier alpha value is 0.690. The van der Waals surface area contributed by atoms with Gasteiger partial charge in [0.05, 0.1) is 4.75 Å². The predicted octanol–water partition coefficient (Wildman–Crippen LogP) is 3.92. The van der Waals surface area contributed by atoms with Crippen molar-refractivity contribution in [1.82, 2.24) is 0 Å². The van der Waals surface area contributed by atoms with Crippen LogP contribution in [0.3, 0.4) is 0 Å². The van der Waals surface area contributed by atoms with Gasteiger partial charge in [0.25, 0.3) is 0 Å². The van der Waals surface area contributed by atoms with E-state index in [1.165, 1.54) is 0 Å². The summed E-state index contributed by atoms with van der Waals surface area (Å²) >= 11 is 17.0. The van der Waals surface area contributed by atoms with Gasteiger partial charge in [-0.3, -0.25) is 0 Å². The Kier molecular flexibility index (Phi) is 6.12. The second kappa shape index (κ2) is 5.85. The summed E-state index contributed by atoms with van der Waals surface area (Å²) in [5.74, 6) is -0.150. The summed E-state index contributed by atoms with van der Waals surface area (Å²) in [5, 5.41) is 0. The third-order valence-electron chi connectivity index (χ3n) is 1.71. The van der Waals surface area contributed by atoms with Crippen molar-refractivity contribution < 1.29 is 4.21 Å². The van der Waals surface area contributed by atoms with E-state index in [1.54, 1.807) is 13.1 Å². The fourth-order valence-electron chi connectivity index (χ4n) is 0.561. The van der Waals surface area contributed by atoms with E-state index in [4.69, 9.17) is 34.8 Å². The number of nitrogens with zero attached hydrogens (tertiary/aromatic N) is 1. The summed E-state index contributed by atoms with van der Waals surface area (Å²) in [6, 6.07) is 0. The minimum absolute atomic E-state index is 0.150. The van der Waals surface area contributed by atoms with Gasteiger partial charge >= 0.3 is 0 Å². The van der Waals surface area contributed by atoms with E-state index in [0.717, 1.165) is 0 Å². The molecule has 15 heavy (non-hydrogen) atoms. The monoisotopic (exact) mass is 291 g/mol. The van der Waals surface area contributed by atoms with Crippen molar-refractivity contribution in [2.75, 3.05) is 0 Å². The highest BCUT2D eigenvalue weighted by Gasteiger charge is 2.27. The molecule has 0 saturated carbocycles.